The second-order valence-electron chi connectivity index (χ2n) is 9.18. The molecule has 0 unspecified atom stereocenters. The highest BCUT2D eigenvalue weighted by Gasteiger charge is 2.28. The van der Waals surface area contributed by atoms with Crippen molar-refractivity contribution in [2.45, 2.75) is 19.2 Å². The van der Waals surface area contributed by atoms with E-state index in [1.807, 2.05) is 69.8 Å². The molecule has 0 radical (unpaired) electrons. The number of hydrogen-bond donors (Lipinski definition) is 3. The molecule has 3 heterocycles. The molecule has 9 heteroatoms. The summed E-state index contributed by atoms with van der Waals surface area (Å²) in [4.78, 5) is 48.9. The van der Waals surface area contributed by atoms with Gasteiger partial charge in [0.2, 0.25) is 0 Å². The van der Waals surface area contributed by atoms with Crippen LogP contribution in [0.5, 0.6) is 0 Å². The molecule has 2 aromatic heterocycles. The molecule has 0 saturated carbocycles. The minimum atomic E-state index is -0.856. The molecule has 38 heavy (non-hydrogen) atoms. The van der Waals surface area contributed by atoms with Gasteiger partial charge in [0.15, 0.2) is 5.43 Å². The van der Waals surface area contributed by atoms with Crippen molar-refractivity contribution in [1.82, 2.24) is 19.8 Å². The number of nitrogens with one attached hydrogen (secondary N) is 2. The summed E-state index contributed by atoms with van der Waals surface area (Å²) in [5.74, 6) is -1.54. The molecule has 1 fully saturated rings. The zero-order valence-electron chi connectivity index (χ0n) is 20.0. The van der Waals surface area contributed by atoms with Crippen molar-refractivity contribution < 1.29 is 19.5 Å². The van der Waals surface area contributed by atoms with Crippen LogP contribution in [-0.2, 0) is 22.7 Å². The predicted octanol–water partition coefficient (Wildman–Crippen LogP) is 2.92. The van der Waals surface area contributed by atoms with Crippen LogP contribution in [0.2, 0.25) is 0 Å². The lowest BCUT2D eigenvalue weighted by molar-refractivity contribution is -0.123. The number of urea groups is 1. The summed E-state index contributed by atoms with van der Waals surface area (Å²) in [6, 6.07) is 21.3. The summed E-state index contributed by atoms with van der Waals surface area (Å²) in [5, 5.41) is 17.4. The summed E-state index contributed by atoms with van der Waals surface area (Å²) < 4.78 is 3.82. The summed E-state index contributed by atoms with van der Waals surface area (Å²) in [7, 11) is 0. The van der Waals surface area contributed by atoms with Gasteiger partial charge in [-0.25, -0.2) is 4.79 Å². The number of nitrogens with zero attached hydrogens (tertiary/aromatic N) is 2. The van der Waals surface area contributed by atoms with Gasteiger partial charge in [-0.15, -0.1) is 0 Å². The van der Waals surface area contributed by atoms with Crippen molar-refractivity contribution in [2.75, 3.05) is 0 Å². The fourth-order valence-corrected chi connectivity index (χ4v) is 5.07. The van der Waals surface area contributed by atoms with Gasteiger partial charge in [-0.05, 0) is 36.4 Å². The van der Waals surface area contributed by atoms with Gasteiger partial charge in [0.25, 0.3) is 11.8 Å². The van der Waals surface area contributed by atoms with Crippen molar-refractivity contribution in [3.8, 4) is 0 Å². The minimum Gasteiger partial charge on any atom is -0.389 e. The topological polar surface area (TPSA) is 122 Å². The van der Waals surface area contributed by atoms with Crippen molar-refractivity contribution >= 4 is 56.6 Å². The van der Waals surface area contributed by atoms with Crippen LogP contribution in [0, 0.1) is 0 Å². The van der Waals surface area contributed by atoms with Crippen LogP contribution in [0.25, 0.3) is 38.8 Å². The lowest BCUT2D eigenvalue weighted by Gasteiger charge is -2.19. The average Bonchev–Trinajstić information content (AvgIpc) is 3.25. The van der Waals surface area contributed by atoms with Gasteiger partial charge < -0.3 is 14.2 Å². The van der Waals surface area contributed by atoms with Crippen LogP contribution in [0.1, 0.15) is 5.56 Å². The van der Waals surface area contributed by atoms with Crippen molar-refractivity contribution in [1.29, 1.82) is 0 Å². The molecule has 1 saturated heterocycles. The van der Waals surface area contributed by atoms with Gasteiger partial charge in [-0.3, -0.25) is 25.0 Å². The number of para-hydroxylation sites is 3. The number of benzene rings is 3. The lowest BCUT2D eigenvalue weighted by Crippen LogP contribution is -2.51. The van der Waals surface area contributed by atoms with E-state index in [0.717, 1.165) is 21.9 Å². The molecule has 4 amide bonds. The van der Waals surface area contributed by atoms with E-state index >= 15 is 0 Å². The van der Waals surface area contributed by atoms with Gasteiger partial charge in [-0.2, -0.15) is 0 Å². The average molecular weight is 507 g/mol. The molecular formula is C29H22N4O5. The maximum absolute atomic E-state index is 13.0. The molecule has 3 aromatic carbocycles. The van der Waals surface area contributed by atoms with Crippen LogP contribution in [0.3, 0.4) is 0 Å². The van der Waals surface area contributed by atoms with E-state index < -0.39 is 23.9 Å². The third-order valence-corrected chi connectivity index (χ3v) is 6.74. The number of fused-ring (bicyclic) bond motifs is 3. The lowest BCUT2D eigenvalue weighted by atomic mass is 10.1. The van der Waals surface area contributed by atoms with Gasteiger partial charge >= 0.3 is 6.03 Å². The number of imide groups is 2. The molecule has 0 aliphatic carbocycles. The predicted molar refractivity (Wildman–Crippen MR) is 143 cm³/mol. The first kappa shape index (κ1) is 23.4. The molecule has 188 valence electrons. The Kier molecular flexibility index (Phi) is 5.62. The van der Waals surface area contributed by atoms with E-state index in [1.165, 1.54) is 6.08 Å². The van der Waals surface area contributed by atoms with E-state index in [0.29, 0.717) is 16.3 Å². The first-order valence-corrected chi connectivity index (χ1v) is 12.1. The second-order valence-corrected chi connectivity index (χ2v) is 9.18. The monoisotopic (exact) mass is 506 g/mol. The smallest absolute Gasteiger partial charge is 0.328 e. The molecule has 6 rings (SSSR count). The number of aromatic nitrogens is 2. The number of aliphatic hydroxyl groups is 1. The summed E-state index contributed by atoms with van der Waals surface area (Å²) in [6.45, 7) is 0.451. The Labute approximate surface area is 215 Å². The van der Waals surface area contributed by atoms with E-state index in [-0.39, 0.29) is 24.1 Å². The van der Waals surface area contributed by atoms with Crippen molar-refractivity contribution in [2.24, 2.45) is 0 Å². The molecular weight excluding hydrogens is 484 g/mol. The largest absolute Gasteiger partial charge is 0.389 e. The third kappa shape index (κ3) is 3.95. The zero-order chi connectivity index (χ0) is 26.4. The molecule has 1 aliphatic rings. The Hall–Kier alpha value is -5.02. The summed E-state index contributed by atoms with van der Waals surface area (Å²) in [5.41, 5.74) is 2.65. The van der Waals surface area contributed by atoms with Crippen molar-refractivity contribution in [3.63, 3.8) is 0 Å². The van der Waals surface area contributed by atoms with E-state index in [9.17, 15) is 24.3 Å². The third-order valence-electron chi connectivity index (χ3n) is 6.74. The highest BCUT2D eigenvalue weighted by atomic mass is 16.3. The molecule has 1 aliphatic heterocycles. The van der Waals surface area contributed by atoms with Crippen LogP contribution >= 0.6 is 0 Å². The fourth-order valence-electron chi connectivity index (χ4n) is 5.07. The van der Waals surface area contributed by atoms with E-state index in [2.05, 4.69) is 10.6 Å². The second kappa shape index (κ2) is 9.13. The number of pyridine rings is 1. The highest BCUT2D eigenvalue weighted by molar-refractivity contribution is 6.31. The number of amides is 4. The first-order chi connectivity index (χ1) is 18.4. The van der Waals surface area contributed by atoms with Gasteiger partial charge in [0, 0.05) is 33.4 Å². The minimum absolute atomic E-state index is 0.0477. The maximum Gasteiger partial charge on any atom is 0.328 e. The zero-order valence-corrected chi connectivity index (χ0v) is 20.0. The number of carbonyl (C=O) groups is 3. The van der Waals surface area contributed by atoms with Crippen molar-refractivity contribution in [3.05, 3.63) is 100 Å². The van der Waals surface area contributed by atoms with Crippen LogP contribution < -0.4 is 16.1 Å². The standard InChI is InChI=1S/C29H22N4O5/c34-18(16-33-24-11-5-2-8-20(24)26(35)21-9-3-6-12-25(21)33)15-32-14-17(19-7-1-4-10-23(19)32)13-22-27(36)30-29(38)31-28(22)37/h1-14,18,34H,15-16H2,(H2,30,31,36,37,38)/t18-/m1/s1. The Morgan fingerprint density at radius 1 is 0.711 bits per heavy atom. The summed E-state index contributed by atoms with van der Waals surface area (Å²) in [6.07, 6.45) is 2.37. The van der Waals surface area contributed by atoms with Crippen LogP contribution in [0.15, 0.2) is 89.4 Å². The molecule has 5 aromatic rings. The van der Waals surface area contributed by atoms with Gasteiger partial charge in [0.05, 0.1) is 30.2 Å². The highest BCUT2D eigenvalue weighted by Crippen LogP contribution is 2.25. The fraction of sp³-hybridized carbons (Fsp3) is 0.103. The van der Waals surface area contributed by atoms with Crippen LogP contribution in [-0.4, -0.2) is 38.2 Å². The number of carbonyl (C=O) groups excluding carboxylic acids is 3. The molecule has 1 atom stereocenters. The number of hydrogen-bond acceptors (Lipinski definition) is 5. The van der Waals surface area contributed by atoms with Gasteiger partial charge in [-0.1, -0.05) is 42.5 Å². The SMILES string of the molecule is O=C1NC(=O)C(=Cc2cn(C[C@@H](O)Cn3c4ccccc4c(=O)c4ccccc43)c3ccccc23)C(=O)N1. The number of rotatable bonds is 5. The molecule has 9 nitrogen and oxygen atoms in total. The van der Waals surface area contributed by atoms with Crippen LogP contribution in [0.4, 0.5) is 4.79 Å². The molecule has 0 bridgehead atoms. The summed E-state index contributed by atoms with van der Waals surface area (Å²) >= 11 is 0. The quantitative estimate of drug-likeness (QED) is 0.192. The Balaban J connectivity index is 1.38. The van der Waals surface area contributed by atoms with E-state index in [1.54, 1.807) is 18.3 Å². The molecule has 3 N–H and O–H groups in total. The number of aliphatic hydroxyl groups excluding tert-OH is 1. The normalized spacial score (nSPS) is 14.7. The number of barbiturate groups is 1. The Bertz CT molecular complexity index is 1800. The van der Waals surface area contributed by atoms with Gasteiger partial charge in [0.1, 0.15) is 5.57 Å². The Morgan fingerprint density at radius 3 is 1.84 bits per heavy atom. The van der Waals surface area contributed by atoms with E-state index in [4.69, 9.17) is 0 Å². The Morgan fingerprint density at radius 2 is 1.24 bits per heavy atom. The first-order valence-electron chi connectivity index (χ1n) is 12.1. The molecule has 0 spiro atoms. The maximum atomic E-state index is 13.0.